The smallest absolute Gasteiger partial charge is 0.101 e. The number of hydrogen-bond acceptors (Lipinski definition) is 2. The molecule has 0 unspecified atom stereocenters. The zero-order valence-electron chi connectivity index (χ0n) is 34.0. The third-order valence-electron chi connectivity index (χ3n) is 13.7. The van der Waals surface area contributed by atoms with Crippen LogP contribution in [0.5, 0.6) is 0 Å². The maximum atomic E-state index is 11.2. The van der Waals surface area contributed by atoms with E-state index in [0.717, 1.165) is 71.1 Å². The van der Waals surface area contributed by atoms with Crippen molar-refractivity contribution >= 4 is 76.2 Å². The van der Waals surface area contributed by atoms with Crippen LogP contribution in [0.2, 0.25) is 0 Å². The van der Waals surface area contributed by atoms with Crippen molar-refractivity contribution in [2.75, 3.05) is 0 Å². The number of nitrogens with zero attached hydrogens (tertiary/aromatic N) is 5. The van der Waals surface area contributed by atoms with Crippen LogP contribution in [0.1, 0.15) is 36.1 Å². The number of nitriles is 2. The Bertz CT molecular complexity index is 3990. The van der Waals surface area contributed by atoms with Crippen molar-refractivity contribution in [1.82, 2.24) is 13.7 Å². The summed E-state index contributed by atoms with van der Waals surface area (Å²) < 4.78 is 6.74. The highest BCUT2D eigenvalue weighted by Crippen LogP contribution is 2.51. The molecule has 9 aromatic carbocycles. The van der Waals surface area contributed by atoms with Gasteiger partial charge in [0.15, 0.2) is 0 Å². The summed E-state index contributed by atoms with van der Waals surface area (Å²) in [5.74, 6) is 0. The molecule has 0 spiro atoms. The normalized spacial score (nSPS) is 13.1. The van der Waals surface area contributed by atoms with Gasteiger partial charge in [0.2, 0.25) is 0 Å². The molecule has 0 aliphatic heterocycles. The second kappa shape index (κ2) is 12.3. The van der Waals surface area contributed by atoms with E-state index in [1.54, 1.807) is 0 Å². The maximum Gasteiger partial charge on any atom is 0.101 e. The van der Waals surface area contributed by atoms with Crippen LogP contribution < -0.4 is 0 Å². The summed E-state index contributed by atoms with van der Waals surface area (Å²) in [5, 5.41) is 31.4. The van der Waals surface area contributed by atoms with Crippen LogP contribution in [0.15, 0.2) is 176 Å². The van der Waals surface area contributed by atoms with Gasteiger partial charge >= 0.3 is 0 Å². The molecule has 5 heteroatoms. The molecular formula is C57H35N5. The molecule has 288 valence electrons. The van der Waals surface area contributed by atoms with E-state index >= 15 is 0 Å². The third kappa shape index (κ3) is 4.44. The quantitative estimate of drug-likeness (QED) is 0.179. The predicted molar refractivity (Wildman–Crippen MR) is 254 cm³/mol. The Labute approximate surface area is 356 Å². The fourth-order valence-corrected chi connectivity index (χ4v) is 10.9. The van der Waals surface area contributed by atoms with E-state index in [-0.39, 0.29) is 5.41 Å². The Morgan fingerprint density at radius 1 is 0.387 bits per heavy atom. The van der Waals surface area contributed by atoms with Gasteiger partial charge in [-0.1, -0.05) is 123 Å². The van der Waals surface area contributed by atoms with Crippen LogP contribution in [0.25, 0.3) is 104 Å². The SMILES string of the molecule is CC1(C)c2ccccc2-c2cc3c(cc21)c1cc(-n2c4ccccc4c4ccccc42)ccc1n3-c1cc(C#N)c(-n2c3ccccc3c3c4ccccc4ccc32)cc1C#N. The van der Waals surface area contributed by atoms with Crippen molar-refractivity contribution < 1.29 is 0 Å². The second-order valence-corrected chi connectivity index (χ2v) is 17.1. The van der Waals surface area contributed by atoms with Crippen LogP contribution >= 0.6 is 0 Å². The van der Waals surface area contributed by atoms with E-state index in [2.05, 4.69) is 197 Å². The Kier molecular flexibility index (Phi) is 6.86. The van der Waals surface area contributed by atoms with Crippen molar-refractivity contribution in [3.63, 3.8) is 0 Å². The molecule has 0 bridgehead atoms. The lowest BCUT2D eigenvalue weighted by atomic mass is 9.82. The molecule has 1 aliphatic rings. The van der Waals surface area contributed by atoms with E-state index in [0.29, 0.717) is 22.5 Å². The summed E-state index contributed by atoms with van der Waals surface area (Å²) in [6.45, 7) is 4.63. The molecule has 3 aromatic heterocycles. The van der Waals surface area contributed by atoms with Gasteiger partial charge in [-0.3, -0.25) is 0 Å². The van der Waals surface area contributed by atoms with Crippen molar-refractivity contribution in [2.24, 2.45) is 0 Å². The largest absolute Gasteiger partial charge is 0.309 e. The molecule has 0 N–H and O–H groups in total. The molecule has 0 fully saturated rings. The average Bonchev–Trinajstić information content (AvgIpc) is 4.01. The average molecular weight is 790 g/mol. The van der Waals surface area contributed by atoms with Gasteiger partial charge in [0.05, 0.1) is 55.6 Å². The summed E-state index contributed by atoms with van der Waals surface area (Å²) in [6.07, 6.45) is 0. The topological polar surface area (TPSA) is 62.4 Å². The number of aromatic nitrogens is 3. The van der Waals surface area contributed by atoms with Gasteiger partial charge in [-0.2, -0.15) is 10.5 Å². The van der Waals surface area contributed by atoms with Crippen LogP contribution in [0, 0.1) is 22.7 Å². The maximum absolute atomic E-state index is 11.2. The summed E-state index contributed by atoms with van der Waals surface area (Å²) in [5.41, 5.74) is 14.4. The third-order valence-corrected chi connectivity index (χ3v) is 13.7. The molecule has 1 aliphatic carbocycles. The first-order valence-electron chi connectivity index (χ1n) is 21.1. The lowest BCUT2D eigenvalue weighted by Crippen LogP contribution is -2.14. The summed E-state index contributed by atoms with van der Waals surface area (Å²) in [7, 11) is 0. The highest BCUT2D eigenvalue weighted by Gasteiger charge is 2.36. The molecule has 0 saturated heterocycles. The number of para-hydroxylation sites is 3. The lowest BCUT2D eigenvalue weighted by molar-refractivity contribution is 0.661. The molecule has 12 aromatic rings. The Morgan fingerprint density at radius 2 is 0.919 bits per heavy atom. The van der Waals surface area contributed by atoms with E-state index < -0.39 is 0 Å². The van der Waals surface area contributed by atoms with Crippen molar-refractivity contribution in [2.45, 2.75) is 19.3 Å². The fraction of sp³-hybridized carbons (Fsp3) is 0.0526. The molecule has 0 atom stereocenters. The zero-order valence-corrected chi connectivity index (χ0v) is 34.0. The summed E-state index contributed by atoms with van der Waals surface area (Å²) >= 11 is 0. The van der Waals surface area contributed by atoms with E-state index in [1.807, 2.05) is 18.2 Å². The highest BCUT2D eigenvalue weighted by molar-refractivity contribution is 6.21. The monoisotopic (exact) mass is 789 g/mol. The first kappa shape index (κ1) is 34.5. The molecule has 62 heavy (non-hydrogen) atoms. The van der Waals surface area contributed by atoms with E-state index in [1.165, 1.54) is 33.0 Å². The molecule has 0 radical (unpaired) electrons. The van der Waals surface area contributed by atoms with Crippen LogP contribution in [-0.2, 0) is 5.41 Å². The molecule has 5 nitrogen and oxygen atoms in total. The van der Waals surface area contributed by atoms with Crippen molar-refractivity contribution in [1.29, 1.82) is 10.5 Å². The van der Waals surface area contributed by atoms with Gasteiger partial charge < -0.3 is 13.7 Å². The number of fused-ring (bicyclic) bond motifs is 14. The molecule has 0 amide bonds. The molecule has 13 rings (SSSR count). The standard InChI is InChI=1S/C57H35N5/c1-57(2)46-19-9-5-15-39(46)43-31-55-45(30-47(43)57)44-29-37(60-48-20-10-6-16-40(48)41-17-7-11-21-49(41)60)24-26-51(44)62(55)54-28-35(32-58)53(27-36(54)33-59)61-50-22-12-8-18-42(50)56-38-14-4-3-13-34(38)23-25-52(56)61/h3-31H,1-2H3. The number of benzene rings is 9. The first-order chi connectivity index (χ1) is 30.4. The Morgan fingerprint density at radius 3 is 1.61 bits per heavy atom. The van der Waals surface area contributed by atoms with Crippen LogP contribution in [0.3, 0.4) is 0 Å². The van der Waals surface area contributed by atoms with Gasteiger partial charge in [0, 0.05) is 43.4 Å². The highest BCUT2D eigenvalue weighted by atomic mass is 15.0. The Balaban J connectivity index is 1.12. The minimum Gasteiger partial charge on any atom is -0.309 e. The first-order valence-corrected chi connectivity index (χ1v) is 21.1. The zero-order chi connectivity index (χ0) is 41.4. The molecule has 3 heterocycles. The predicted octanol–water partition coefficient (Wildman–Crippen LogP) is 14.2. The van der Waals surface area contributed by atoms with Gasteiger partial charge in [-0.05, 0) is 99.8 Å². The van der Waals surface area contributed by atoms with E-state index in [4.69, 9.17) is 0 Å². The van der Waals surface area contributed by atoms with Gasteiger partial charge in [0.25, 0.3) is 0 Å². The van der Waals surface area contributed by atoms with Crippen molar-refractivity contribution in [3.05, 3.63) is 198 Å². The minimum absolute atomic E-state index is 0.208. The number of hydrogen-bond donors (Lipinski definition) is 0. The summed E-state index contributed by atoms with van der Waals surface area (Å²) in [4.78, 5) is 0. The lowest BCUT2D eigenvalue weighted by Gasteiger charge is -2.21. The minimum atomic E-state index is -0.208. The van der Waals surface area contributed by atoms with E-state index in [9.17, 15) is 10.5 Å². The van der Waals surface area contributed by atoms with Gasteiger partial charge in [-0.15, -0.1) is 0 Å². The molecule has 0 saturated carbocycles. The molecular weight excluding hydrogens is 755 g/mol. The fourth-order valence-electron chi connectivity index (χ4n) is 10.9. The van der Waals surface area contributed by atoms with Crippen molar-refractivity contribution in [3.8, 4) is 40.3 Å². The van der Waals surface area contributed by atoms with Gasteiger partial charge in [0.1, 0.15) is 12.1 Å². The second-order valence-electron chi connectivity index (χ2n) is 17.1. The van der Waals surface area contributed by atoms with Gasteiger partial charge in [-0.25, -0.2) is 0 Å². The summed E-state index contributed by atoms with van der Waals surface area (Å²) in [6, 6.07) is 67.4. The number of rotatable bonds is 3. The van der Waals surface area contributed by atoms with Crippen LogP contribution in [-0.4, -0.2) is 13.7 Å². The van der Waals surface area contributed by atoms with Crippen LogP contribution in [0.4, 0.5) is 0 Å². The Hall–Kier alpha value is -8.38.